The lowest BCUT2D eigenvalue weighted by molar-refractivity contribution is -0.132. The summed E-state index contributed by atoms with van der Waals surface area (Å²) in [5, 5.41) is 15.1. The topological polar surface area (TPSA) is 102 Å². The minimum atomic E-state index is -1.01. The van der Waals surface area contributed by atoms with Crippen molar-refractivity contribution in [2.45, 2.75) is 19.9 Å². The summed E-state index contributed by atoms with van der Waals surface area (Å²) >= 11 is 0. The van der Waals surface area contributed by atoms with Gasteiger partial charge >= 0.3 is 5.91 Å². The van der Waals surface area contributed by atoms with Crippen molar-refractivity contribution in [3.63, 3.8) is 0 Å². The molecule has 1 amide bonds. The van der Waals surface area contributed by atoms with Crippen LogP contribution in [0.15, 0.2) is 58.6 Å². The molecule has 8 nitrogen and oxygen atoms in total. The van der Waals surface area contributed by atoms with Crippen molar-refractivity contribution in [2.75, 3.05) is 19.1 Å². The Morgan fingerprint density at radius 2 is 1.75 bits per heavy atom. The number of ketones is 1. The molecule has 1 N–H and O–H groups in total. The van der Waals surface area contributed by atoms with Gasteiger partial charge < -0.3 is 19.1 Å². The van der Waals surface area contributed by atoms with Crippen molar-refractivity contribution < 1.29 is 28.7 Å². The summed E-state index contributed by atoms with van der Waals surface area (Å²) in [6.45, 7) is 3.59. The molecule has 1 fully saturated rings. The zero-order valence-corrected chi connectivity index (χ0v) is 18.1. The number of carbonyl (C=O) groups is 2. The number of ether oxygens (including phenoxy) is 2. The normalized spacial score (nSPS) is 17.6. The molecule has 32 heavy (non-hydrogen) atoms. The molecule has 1 saturated heterocycles. The van der Waals surface area contributed by atoms with Crippen LogP contribution in [0.3, 0.4) is 0 Å². The third-order valence-electron chi connectivity index (χ3n) is 5.36. The summed E-state index contributed by atoms with van der Waals surface area (Å²) in [5.74, 6) is -0.420. The van der Waals surface area contributed by atoms with Gasteiger partial charge in [0.1, 0.15) is 29.1 Å². The van der Waals surface area contributed by atoms with Gasteiger partial charge in [-0.1, -0.05) is 35.0 Å². The number of aromatic nitrogens is 1. The second-order valence-corrected chi connectivity index (χ2v) is 7.44. The Labute approximate surface area is 184 Å². The maximum Gasteiger partial charge on any atom is 0.301 e. The van der Waals surface area contributed by atoms with E-state index in [1.807, 2.05) is 19.1 Å². The molecule has 8 heteroatoms. The third-order valence-corrected chi connectivity index (χ3v) is 5.36. The number of nitrogens with zero attached hydrogens (tertiary/aromatic N) is 2. The van der Waals surface area contributed by atoms with Gasteiger partial charge in [-0.3, -0.25) is 14.5 Å². The molecule has 3 aromatic rings. The summed E-state index contributed by atoms with van der Waals surface area (Å²) in [4.78, 5) is 27.5. The molecule has 1 atom stereocenters. The fourth-order valence-electron chi connectivity index (χ4n) is 3.75. The summed E-state index contributed by atoms with van der Waals surface area (Å²) in [6, 6.07) is 12.6. The number of Topliss-reactive ketones (excluding diaryl/α,β-unsaturated/α-hetero) is 1. The lowest BCUT2D eigenvalue weighted by atomic mass is 9.94. The van der Waals surface area contributed by atoms with E-state index in [1.54, 1.807) is 43.3 Å². The number of amides is 1. The summed E-state index contributed by atoms with van der Waals surface area (Å²) in [5.41, 5.74) is 1.79. The molecule has 2 heterocycles. The average molecular weight is 434 g/mol. The lowest BCUT2D eigenvalue weighted by Gasteiger charge is -2.24. The Kier molecular flexibility index (Phi) is 5.44. The van der Waals surface area contributed by atoms with Crippen LogP contribution < -0.4 is 14.4 Å². The molecule has 1 aliphatic rings. The van der Waals surface area contributed by atoms with Gasteiger partial charge in [-0.2, -0.15) is 0 Å². The van der Waals surface area contributed by atoms with Gasteiger partial charge in [-0.05, 0) is 32.0 Å². The van der Waals surface area contributed by atoms with E-state index >= 15 is 0 Å². The zero-order chi connectivity index (χ0) is 23.0. The van der Waals surface area contributed by atoms with E-state index in [9.17, 15) is 14.7 Å². The molecule has 0 spiro atoms. The van der Waals surface area contributed by atoms with Gasteiger partial charge in [-0.15, -0.1) is 0 Å². The molecule has 2 aromatic carbocycles. The van der Waals surface area contributed by atoms with E-state index in [0.717, 1.165) is 5.56 Å². The maximum absolute atomic E-state index is 13.2. The number of aliphatic hydroxyl groups is 1. The van der Waals surface area contributed by atoms with Crippen LogP contribution in [0.5, 0.6) is 11.5 Å². The Balaban J connectivity index is 2.00. The molecular weight excluding hydrogens is 412 g/mol. The highest BCUT2D eigenvalue weighted by Crippen LogP contribution is 2.45. The number of carbonyl (C=O) groups excluding carboxylic acids is 2. The van der Waals surface area contributed by atoms with Crippen molar-refractivity contribution in [3.05, 3.63) is 76.6 Å². The van der Waals surface area contributed by atoms with Crippen molar-refractivity contribution in [3.8, 4) is 11.5 Å². The van der Waals surface area contributed by atoms with Crippen LogP contribution in [-0.2, 0) is 9.59 Å². The second-order valence-electron chi connectivity index (χ2n) is 7.44. The predicted octanol–water partition coefficient (Wildman–Crippen LogP) is 3.93. The number of hydrogen-bond acceptors (Lipinski definition) is 7. The lowest BCUT2D eigenvalue weighted by Crippen LogP contribution is -2.30. The van der Waals surface area contributed by atoms with E-state index in [4.69, 9.17) is 14.0 Å². The second kappa shape index (κ2) is 8.22. The third kappa shape index (κ3) is 3.49. The predicted molar refractivity (Wildman–Crippen MR) is 117 cm³/mol. The van der Waals surface area contributed by atoms with E-state index in [0.29, 0.717) is 28.4 Å². The maximum atomic E-state index is 13.2. The Bertz CT molecular complexity index is 1230. The van der Waals surface area contributed by atoms with Crippen molar-refractivity contribution in [1.82, 2.24) is 5.16 Å². The molecule has 0 radical (unpaired) electrons. The quantitative estimate of drug-likeness (QED) is 0.369. The molecule has 1 aliphatic heterocycles. The number of aryl methyl sites for hydroxylation is 2. The number of anilines is 1. The monoisotopic (exact) mass is 434 g/mol. The number of hydrogen-bond donors (Lipinski definition) is 1. The van der Waals surface area contributed by atoms with Crippen molar-refractivity contribution in [1.29, 1.82) is 0 Å². The highest BCUT2D eigenvalue weighted by molar-refractivity contribution is 6.51. The van der Waals surface area contributed by atoms with Crippen LogP contribution in [0.25, 0.3) is 5.76 Å². The average Bonchev–Trinajstić information content (AvgIpc) is 3.33. The number of aliphatic hydroxyl groups excluding tert-OH is 1. The van der Waals surface area contributed by atoms with E-state index in [1.165, 1.54) is 19.1 Å². The van der Waals surface area contributed by atoms with Crippen LogP contribution >= 0.6 is 0 Å². The smallest absolute Gasteiger partial charge is 0.301 e. The number of rotatable bonds is 5. The molecule has 164 valence electrons. The van der Waals surface area contributed by atoms with Gasteiger partial charge in [0.05, 0.1) is 19.8 Å². The standard InChI is InChI=1S/C24H22N2O6/c1-13-5-7-15(8-6-13)22(27)20-21(17-12-16(30-3)9-10-18(17)31-4)26(24(29)23(20)28)19-11-14(2)32-25-19/h5-12,21,27H,1-4H3/b22-20+. The SMILES string of the molecule is COc1ccc(OC)c(C2/C(=C(\O)c3ccc(C)cc3)C(=O)C(=O)N2c2cc(C)on2)c1. The fourth-order valence-corrected chi connectivity index (χ4v) is 3.75. The van der Waals surface area contributed by atoms with E-state index in [2.05, 4.69) is 5.16 Å². The molecule has 1 aromatic heterocycles. The summed E-state index contributed by atoms with van der Waals surface area (Å²) < 4.78 is 16.0. The minimum Gasteiger partial charge on any atom is -0.507 e. The fraction of sp³-hybridized carbons (Fsp3) is 0.208. The first kappa shape index (κ1) is 21.2. The first-order valence-electron chi connectivity index (χ1n) is 9.89. The molecule has 0 aliphatic carbocycles. The highest BCUT2D eigenvalue weighted by atomic mass is 16.5. The van der Waals surface area contributed by atoms with Gasteiger partial charge in [0.25, 0.3) is 5.78 Å². The van der Waals surface area contributed by atoms with E-state index in [-0.39, 0.29) is 17.2 Å². The number of methoxy groups -OCH3 is 2. The van der Waals surface area contributed by atoms with Gasteiger partial charge in [0.2, 0.25) is 0 Å². The van der Waals surface area contributed by atoms with Crippen LogP contribution in [0, 0.1) is 13.8 Å². The van der Waals surface area contributed by atoms with Crippen molar-refractivity contribution in [2.24, 2.45) is 0 Å². The van der Waals surface area contributed by atoms with E-state index < -0.39 is 17.7 Å². The summed E-state index contributed by atoms with van der Waals surface area (Å²) in [6.07, 6.45) is 0. The Morgan fingerprint density at radius 1 is 1.03 bits per heavy atom. The van der Waals surface area contributed by atoms with Gasteiger partial charge in [-0.25, -0.2) is 0 Å². The van der Waals surface area contributed by atoms with Crippen LogP contribution in [0.1, 0.15) is 28.5 Å². The van der Waals surface area contributed by atoms with Crippen LogP contribution in [-0.4, -0.2) is 36.2 Å². The zero-order valence-electron chi connectivity index (χ0n) is 18.1. The molecule has 1 unspecified atom stereocenters. The Morgan fingerprint density at radius 3 is 2.34 bits per heavy atom. The summed E-state index contributed by atoms with van der Waals surface area (Å²) in [7, 11) is 2.99. The molecule has 0 saturated carbocycles. The van der Waals surface area contributed by atoms with Gasteiger partial charge in [0.15, 0.2) is 5.82 Å². The first-order chi connectivity index (χ1) is 15.3. The Hall–Kier alpha value is -4.07. The number of benzene rings is 2. The molecule has 4 rings (SSSR count). The minimum absolute atomic E-state index is 0.0777. The highest BCUT2D eigenvalue weighted by Gasteiger charge is 2.49. The molecule has 0 bridgehead atoms. The van der Waals surface area contributed by atoms with Crippen LogP contribution in [0.4, 0.5) is 5.82 Å². The largest absolute Gasteiger partial charge is 0.507 e. The van der Waals surface area contributed by atoms with Crippen molar-refractivity contribution >= 4 is 23.3 Å². The molecular formula is C24H22N2O6. The van der Waals surface area contributed by atoms with Crippen LogP contribution in [0.2, 0.25) is 0 Å². The first-order valence-corrected chi connectivity index (χ1v) is 9.89. The van der Waals surface area contributed by atoms with Gasteiger partial charge in [0, 0.05) is 17.2 Å².